The Bertz CT molecular complexity index is 1430. The summed E-state index contributed by atoms with van der Waals surface area (Å²) in [7, 11) is 0. The van der Waals surface area contributed by atoms with Gasteiger partial charge in [0.2, 0.25) is 5.89 Å². The summed E-state index contributed by atoms with van der Waals surface area (Å²) in [6.07, 6.45) is 1.65. The maximum Gasteiger partial charge on any atom is 0.255 e. The molecule has 1 N–H and O–H groups in total. The Labute approximate surface area is 196 Å². The van der Waals surface area contributed by atoms with Crippen molar-refractivity contribution in [2.75, 3.05) is 5.32 Å². The van der Waals surface area contributed by atoms with Crippen LogP contribution in [0.15, 0.2) is 101 Å². The highest BCUT2D eigenvalue weighted by atomic mass is 35.5. The number of benzene rings is 4. The first kappa shape index (κ1) is 21.0. The third-order valence-electron chi connectivity index (χ3n) is 5.54. The number of aromatic nitrogens is 1. The highest BCUT2D eigenvalue weighted by molar-refractivity contribution is 6.31. The van der Waals surface area contributed by atoms with E-state index in [0.717, 1.165) is 18.4 Å². The molecule has 33 heavy (non-hydrogen) atoms. The van der Waals surface area contributed by atoms with Gasteiger partial charge in [0, 0.05) is 10.6 Å². The summed E-state index contributed by atoms with van der Waals surface area (Å²) in [5, 5.41) is 3.65. The molecular weight excluding hydrogens is 432 g/mol. The third-order valence-corrected chi connectivity index (χ3v) is 5.78. The Balaban J connectivity index is 1.41. The molecule has 1 heterocycles. The zero-order valence-electron chi connectivity index (χ0n) is 17.8. The van der Waals surface area contributed by atoms with Crippen LogP contribution in [-0.2, 0) is 12.8 Å². The first-order valence-electron chi connectivity index (χ1n) is 10.8. The SMILES string of the molecule is O=C(Nc1ccccc1-c1nc2cc(Cl)ccc2o1)c1ccccc1CCc1ccccc1. The monoisotopic (exact) mass is 452 g/mol. The van der Waals surface area contributed by atoms with Crippen LogP contribution >= 0.6 is 11.6 Å². The lowest BCUT2D eigenvalue weighted by Crippen LogP contribution is -2.15. The summed E-state index contributed by atoms with van der Waals surface area (Å²) >= 11 is 6.08. The summed E-state index contributed by atoms with van der Waals surface area (Å²) in [4.78, 5) is 17.8. The molecule has 162 valence electrons. The Morgan fingerprint density at radius 2 is 1.61 bits per heavy atom. The molecule has 5 aromatic rings. The normalized spacial score (nSPS) is 10.9. The summed E-state index contributed by atoms with van der Waals surface area (Å²) < 4.78 is 5.93. The van der Waals surface area contributed by atoms with Crippen LogP contribution in [0.1, 0.15) is 21.5 Å². The van der Waals surface area contributed by atoms with E-state index in [4.69, 9.17) is 16.0 Å². The standard InChI is InChI=1S/C28H21ClN2O2/c29-21-16-17-26-25(18-21)31-28(33-26)23-12-6-7-13-24(23)30-27(32)22-11-5-4-10-20(22)15-14-19-8-2-1-3-9-19/h1-13,16-18H,14-15H2,(H,30,32). The fourth-order valence-electron chi connectivity index (χ4n) is 3.87. The molecule has 0 aliphatic carbocycles. The second-order valence-electron chi connectivity index (χ2n) is 7.77. The third kappa shape index (κ3) is 4.66. The van der Waals surface area contributed by atoms with Crippen molar-refractivity contribution in [3.8, 4) is 11.5 Å². The van der Waals surface area contributed by atoms with Gasteiger partial charge in [0.25, 0.3) is 5.91 Å². The zero-order valence-corrected chi connectivity index (χ0v) is 18.5. The van der Waals surface area contributed by atoms with Crippen molar-refractivity contribution in [2.45, 2.75) is 12.8 Å². The van der Waals surface area contributed by atoms with Crippen LogP contribution in [0.2, 0.25) is 5.02 Å². The number of hydrogen-bond donors (Lipinski definition) is 1. The van der Waals surface area contributed by atoms with Crippen molar-refractivity contribution in [1.29, 1.82) is 0 Å². The maximum atomic E-state index is 13.3. The van der Waals surface area contributed by atoms with E-state index < -0.39 is 0 Å². The lowest BCUT2D eigenvalue weighted by molar-refractivity contribution is 0.102. The smallest absolute Gasteiger partial charge is 0.255 e. The minimum Gasteiger partial charge on any atom is -0.436 e. The van der Waals surface area contributed by atoms with Gasteiger partial charge in [-0.1, -0.05) is 72.3 Å². The average molecular weight is 453 g/mol. The lowest BCUT2D eigenvalue weighted by atomic mass is 9.99. The maximum absolute atomic E-state index is 13.3. The van der Waals surface area contributed by atoms with Crippen LogP contribution in [-0.4, -0.2) is 10.9 Å². The van der Waals surface area contributed by atoms with Crippen molar-refractivity contribution in [3.05, 3.63) is 119 Å². The van der Waals surface area contributed by atoms with Gasteiger partial charge in [-0.05, 0) is 60.4 Å². The number of oxazole rings is 1. The summed E-state index contributed by atoms with van der Waals surface area (Å²) in [6, 6.07) is 30.8. The van der Waals surface area contributed by atoms with Gasteiger partial charge in [0.05, 0.1) is 11.3 Å². The van der Waals surface area contributed by atoms with E-state index in [2.05, 4.69) is 22.4 Å². The molecule has 0 radical (unpaired) electrons. The second kappa shape index (κ2) is 9.31. The van der Waals surface area contributed by atoms with Gasteiger partial charge in [-0.15, -0.1) is 0 Å². The molecule has 0 spiro atoms. The van der Waals surface area contributed by atoms with Crippen molar-refractivity contribution >= 4 is 34.3 Å². The van der Waals surface area contributed by atoms with Crippen molar-refractivity contribution in [2.24, 2.45) is 0 Å². The number of anilines is 1. The van der Waals surface area contributed by atoms with E-state index in [-0.39, 0.29) is 5.91 Å². The van der Waals surface area contributed by atoms with Gasteiger partial charge < -0.3 is 9.73 Å². The zero-order chi connectivity index (χ0) is 22.6. The minimum absolute atomic E-state index is 0.162. The molecule has 5 rings (SSSR count). The van der Waals surface area contributed by atoms with Gasteiger partial charge in [-0.3, -0.25) is 4.79 Å². The molecule has 4 nitrogen and oxygen atoms in total. The molecule has 5 heteroatoms. The number of hydrogen-bond acceptors (Lipinski definition) is 3. The van der Waals surface area contributed by atoms with Gasteiger partial charge in [-0.25, -0.2) is 4.98 Å². The Morgan fingerprint density at radius 3 is 2.48 bits per heavy atom. The van der Waals surface area contributed by atoms with Gasteiger partial charge >= 0.3 is 0 Å². The van der Waals surface area contributed by atoms with Gasteiger partial charge in [0.15, 0.2) is 5.58 Å². The highest BCUT2D eigenvalue weighted by Crippen LogP contribution is 2.31. The molecule has 0 atom stereocenters. The van der Waals surface area contributed by atoms with Crippen molar-refractivity contribution < 1.29 is 9.21 Å². The largest absolute Gasteiger partial charge is 0.436 e. The van der Waals surface area contributed by atoms with Gasteiger partial charge in [-0.2, -0.15) is 0 Å². The van der Waals surface area contributed by atoms with Crippen LogP contribution in [0.5, 0.6) is 0 Å². The Hall–Kier alpha value is -3.89. The predicted octanol–water partition coefficient (Wildman–Crippen LogP) is 7.19. The van der Waals surface area contributed by atoms with Crippen LogP contribution in [0.3, 0.4) is 0 Å². The van der Waals surface area contributed by atoms with E-state index in [1.165, 1.54) is 5.56 Å². The van der Waals surface area contributed by atoms with Crippen molar-refractivity contribution in [1.82, 2.24) is 4.98 Å². The number of aryl methyl sites for hydroxylation is 2. The molecule has 1 aromatic heterocycles. The Kier molecular flexibility index (Phi) is 5.92. The van der Waals surface area contributed by atoms with E-state index in [1.54, 1.807) is 18.2 Å². The number of amides is 1. The number of nitrogens with zero attached hydrogens (tertiary/aromatic N) is 1. The molecule has 0 bridgehead atoms. The number of carbonyl (C=O) groups excluding carboxylic acids is 1. The average Bonchev–Trinajstić information content (AvgIpc) is 3.27. The van der Waals surface area contributed by atoms with Crippen LogP contribution in [0.25, 0.3) is 22.6 Å². The van der Waals surface area contributed by atoms with E-state index in [1.807, 2.05) is 66.7 Å². The fourth-order valence-corrected chi connectivity index (χ4v) is 4.03. The number of halogens is 1. The second-order valence-corrected chi connectivity index (χ2v) is 8.21. The first-order chi connectivity index (χ1) is 16.2. The highest BCUT2D eigenvalue weighted by Gasteiger charge is 2.16. The van der Waals surface area contributed by atoms with E-state index >= 15 is 0 Å². The first-order valence-corrected chi connectivity index (χ1v) is 11.1. The van der Waals surface area contributed by atoms with Crippen molar-refractivity contribution in [3.63, 3.8) is 0 Å². The lowest BCUT2D eigenvalue weighted by Gasteiger charge is -2.12. The fraction of sp³-hybridized carbons (Fsp3) is 0.0714. The van der Waals surface area contributed by atoms with Crippen LogP contribution < -0.4 is 5.32 Å². The topological polar surface area (TPSA) is 55.1 Å². The van der Waals surface area contributed by atoms with Crippen LogP contribution in [0, 0.1) is 0 Å². The molecule has 0 unspecified atom stereocenters. The molecule has 4 aromatic carbocycles. The number of para-hydroxylation sites is 1. The summed E-state index contributed by atoms with van der Waals surface area (Å²) in [5.41, 5.74) is 5.57. The molecule has 0 saturated heterocycles. The number of nitrogens with one attached hydrogen (secondary N) is 1. The number of rotatable bonds is 6. The van der Waals surface area contributed by atoms with Crippen LogP contribution in [0.4, 0.5) is 5.69 Å². The Morgan fingerprint density at radius 1 is 0.848 bits per heavy atom. The minimum atomic E-state index is -0.162. The quantitative estimate of drug-likeness (QED) is 0.296. The van der Waals surface area contributed by atoms with E-state index in [0.29, 0.717) is 38.8 Å². The van der Waals surface area contributed by atoms with E-state index in [9.17, 15) is 4.79 Å². The summed E-state index contributed by atoms with van der Waals surface area (Å²) in [5.74, 6) is 0.269. The number of fused-ring (bicyclic) bond motifs is 1. The molecule has 1 amide bonds. The molecule has 0 saturated carbocycles. The summed E-state index contributed by atoms with van der Waals surface area (Å²) in [6.45, 7) is 0. The molecule has 0 aliphatic heterocycles. The molecule has 0 aliphatic rings. The molecular formula is C28H21ClN2O2. The predicted molar refractivity (Wildman–Crippen MR) is 133 cm³/mol. The van der Waals surface area contributed by atoms with Gasteiger partial charge in [0.1, 0.15) is 5.52 Å². The molecule has 0 fully saturated rings. The number of carbonyl (C=O) groups is 1.